The molecule has 1 aromatic rings. The Morgan fingerprint density at radius 3 is 2.81 bits per heavy atom. The van der Waals surface area contributed by atoms with E-state index in [1.54, 1.807) is 18.2 Å². The number of halogens is 1. The van der Waals surface area contributed by atoms with Crippen LogP contribution in [0.5, 0.6) is 5.75 Å². The molecule has 0 aromatic heterocycles. The highest BCUT2D eigenvalue weighted by Crippen LogP contribution is 2.15. The molecule has 0 spiro atoms. The summed E-state index contributed by atoms with van der Waals surface area (Å²) in [5.41, 5.74) is 0.658. The molecule has 0 fully saturated rings. The van der Waals surface area contributed by atoms with Gasteiger partial charge in [0.2, 0.25) is 5.91 Å². The van der Waals surface area contributed by atoms with Crippen LogP contribution in [0.4, 0.5) is 0 Å². The summed E-state index contributed by atoms with van der Waals surface area (Å²) < 4.78 is 0. The number of benzene rings is 1. The molecule has 0 bridgehead atoms. The number of aromatic hydroxyl groups is 1. The Hall–Kier alpha value is -1.03. The molecule has 0 aliphatic rings. The van der Waals surface area contributed by atoms with Crippen molar-refractivity contribution in [2.45, 2.75) is 25.8 Å². The summed E-state index contributed by atoms with van der Waals surface area (Å²) in [4.78, 5) is 11.6. The molecule has 1 amide bonds. The fourth-order valence-electron chi connectivity index (χ4n) is 1.39. The molecule has 4 heteroatoms. The lowest BCUT2D eigenvalue weighted by Crippen LogP contribution is -2.33. The lowest BCUT2D eigenvalue weighted by Gasteiger charge is -2.12. The van der Waals surface area contributed by atoms with E-state index < -0.39 is 0 Å². The van der Waals surface area contributed by atoms with Gasteiger partial charge in [-0.15, -0.1) is 0 Å². The van der Waals surface area contributed by atoms with Crippen LogP contribution in [-0.4, -0.2) is 22.4 Å². The number of nitrogens with one attached hydrogen (secondary N) is 1. The van der Waals surface area contributed by atoms with Crippen molar-refractivity contribution in [2.75, 3.05) is 5.33 Å². The van der Waals surface area contributed by atoms with Gasteiger partial charge in [0.15, 0.2) is 0 Å². The maximum absolute atomic E-state index is 11.6. The van der Waals surface area contributed by atoms with Gasteiger partial charge in [0, 0.05) is 16.9 Å². The molecule has 1 aromatic carbocycles. The Balaban J connectivity index is 2.49. The monoisotopic (exact) mass is 285 g/mol. The van der Waals surface area contributed by atoms with Gasteiger partial charge in [0.1, 0.15) is 5.75 Å². The number of alkyl halides is 1. The van der Waals surface area contributed by atoms with Gasteiger partial charge in [-0.1, -0.05) is 34.1 Å². The van der Waals surface area contributed by atoms with Gasteiger partial charge in [-0.3, -0.25) is 4.79 Å². The van der Waals surface area contributed by atoms with Crippen LogP contribution in [-0.2, 0) is 11.2 Å². The second-order valence-corrected chi connectivity index (χ2v) is 4.54. The fraction of sp³-hybridized carbons (Fsp3) is 0.417. The molecular weight excluding hydrogens is 270 g/mol. The van der Waals surface area contributed by atoms with Gasteiger partial charge in [-0.05, 0) is 19.4 Å². The second-order valence-electron chi connectivity index (χ2n) is 3.75. The van der Waals surface area contributed by atoms with Crippen LogP contribution < -0.4 is 5.32 Å². The molecular formula is C12H16BrNO2. The minimum Gasteiger partial charge on any atom is -0.508 e. The van der Waals surface area contributed by atoms with Crippen molar-refractivity contribution in [1.82, 2.24) is 5.32 Å². The molecule has 1 unspecified atom stereocenters. The van der Waals surface area contributed by atoms with Gasteiger partial charge in [-0.25, -0.2) is 0 Å². The van der Waals surface area contributed by atoms with Crippen molar-refractivity contribution >= 4 is 21.8 Å². The van der Waals surface area contributed by atoms with E-state index in [9.17, 15) is 9.90 Å². The third-order valence-corrected chi connectivity index (χ3v) is 2.75. The molecule has 2 N–H and O–H groups in total. The Morgan fingerprint density at radius 2 is 2.19 bits per heavy atom. The van der Waals surface area contributed by atoms with E-state index in [0.717, 1.165) is 11.8 Å². The summed E-state index contributed by atoms with van der Waals surface area (Å²) in [6.45, 7) is 1.96. The van der Waals surface area contributed by atoms with Crippen LogP contribution in [0.25, 0.3) is 0 Å². The highest BCUT2D eigenvalue weighted by molar-refractivity contribution is 9.09. The minimum absolute atomic E-state index is 0.0602. The van der Waals surface area contributed by atoms with Gasteiger partial charge in [0.25, 0.3) is 0 Å². The van der Waals surface area contributed by atoms with E-state index in [4.69, 9.17) is 0 Å². The summed E-state index contributed by atoms with van der Waals surface area (Å²) in [6, 6.07) is 7.04. The Morgan fingerprint density at radius 1 is 1.50 bits per heavy atom. The van der Waals surface area contributed by atoms with Crippen LogP contribution in [0.1, 0.15) is 18.9 Å². The first-order valence-corrected chi connectivity index (χ1v) is 6.38. The number of hydrogen-bond acceptors (Lipinski definition) is 2. The molecule has 1 rings (SSSR count). The summed E-state index contributed by atoms with van der Waals surface area (Å²) in [6.07, 6.45) is 1.12. The molecule has 3 nitrogen and oxygen atoms in total. The van der Waals surface area contributed by atoms with E-state index in [1.807, 2.05) is 13.0 Å². The predicted octanol–water partition coefficient (Wildman–Crippen LogP) is 2.22. The van der Waals surface area contributed by atoms with E-state index in [-0.39, 0.29) is 24.1 Å². The maximum Gasteiger partial charge on any atom is 0.224 e. The van der Waals surface area contributed by atoms with Gasteiger partial charge >= 0.3 is 0 Å². The maximum atomic E-state index is 11.6. The normalized spacial score (nSPS) is 12.1. The van der Waals surface area contributed by atoms with Crippen LogP contribution in [0, 0.1) is 0 Å². The molecule has 0 saturated carbocycles. The zero-order chi connectivity index (χ0) is 12.0. The third-order valence-electron chi connectivity index (χ3n) is 2.29. The van der Waals surface area contributed by atoms with Crippen molar-refractivity contribution in [3.05, 3.63) is 29.8 Å². The molecule has 0 aliphatic carbocycles. The summed E-state index contributed by atoms with van der Waals surface area (Å²) in [5, 5.41) is 13.3. The fourth-order valence-corrected chi connectivity index (χ4v) is 2.08. The number of rotatable bonds is 5. The van der Waals surface area contributed by atoms with Gasteiger partial charge < -0.3 is 10.4 Å². The molecule has 0 radical (unpaired) electrons. The number of carbonyl (C=O) groups excluding carboxylic acids is 1. The van der Waals surface area contributed by atoms with Crippen molar-refractivity contribution in [3.8, 4) is 5.75 Å². The van der Waals surface area contributed by atoms with Crippen molar-refractivity contribution in [3.63, 3.8) is 0 Å². The van der Waals surface area contributed by atoms with E-state index in [0.29, 0.717) is 5.56 Å². The highest BCUT2D eigenvalue weighted by atomic mass is 79.9. The third kappa shape index (κ3) is 4.23. The number of para-hydroxylation sites is 1. The van der Waals surface area contributed by atoms with Crippen LogP contribution in [0.3, 0.4) is 0 Å². The Kier molecular flexibility index (Phi) is 5.32. The van der Waals surface area contributed by atoms with Crippen molar-refractivity contribution in [1.29, 1.82) is 0 Å². The van der Waals surface area contributed by atoms with Crippen LogP contribution >= 0.6 is 15.9 Å². The first-order valence-electron chi connectivity index (χ1n) is 5.25. The quantitative estimate of drug-likeness (QED) is 0.815. The van der Waals surface area contributed by atoms with Gasteiger partial charge in [-0.2, -0.15) is 0 Å². The standard InChI is InChI=1S/C12H16BrNO2/c1-9(6-7-13)14-12(16)8-10-4-2-3-5-11(10)15/h2-5,9,15H,6-8H2,1H3,(H,14,16). The zero-order valence-corrected chi connectivity index (χ0v) is 10.8. The number of phenols is 1. The smallest absolute Gasteiger partial charge is 0.224 e. The number of phenolic OH excluding ortho intramolecular Hbond substituents is 1. The number of carbonyl (C=O) groups is 1. The van der Waals surface area contributed by atoms with Crippen LogP contribution in [0.15, 0.2) is 24.3 Å². The number of amides is 1. The highest BCUT2D eigenvalue weighted by Gasteiger charge is 2.09. The first kappa shape index (κ1) is 13.0. The molecule has 1 atom stereocenters. The van der Waals surface area contributed by atoms with Crippen LogP contribution in [0.2, 0.25) is 0 Å². The van der Waals surface area contributed by atoms with Crippen molar-refractivity contribution < 1.29 is 9.90 Å². The summed E-state index contributed by atoms with van der Waals surface area (Å²) >= 11 is 3.33. The Labute approximate surface area is 104 Å². The average molecular weight is 286 g/mol. The first-order chi connectivity index (χ1) is 7.63. The zero-order valence-electron chi connectivity index (χ0n) is 9.24. The largest absolute Gasteiger partial charge is 0.508 e. The molecule has 88 valence electrons. The van der Waals surface area contributed by atoms with Crippen molar-refractivity contribution in [2.24, 2.45) is 0 Å². The number of hydrogen-bond donors (Lipinski definition) is 2. The summed E-state index contributed by atoms with van der Waals surface area (Å²) in [5.74, 6) is 0.112. The molecule has 0 heterocycles. The average Bonchev–Trinajstić information content (AvgIpc) is 2.21. The Bertz CT molecular complexity index is 355. The lowest BCUT2D eigenvalue weighted by molar-refractivity contribution is -0.121. The van der Waals surface area contributed by atoms with E-state index in [1.165, 1.54) is 0 Å². The molecule has 16 heavy (non-hydrogen) atoms. The van der Waals surface area contributed by atoms with E-state index in [2.05, 4.69) is 21.2 Å². The SMILES string of the molecule is CC(CCBr)NC(=O)Cc1ccccc1O. The predicted molar refractivity (Wildman–Crippen MR) is 67.8 cm³/mol. The topological polar surface area (TPSA) is 49.3 Å². The lowest BCUT2D eigenvalue weighted by atomic mass is 10.1. The minimum atomic E-state index is -0.0602. The summed E-state index contributed by atoms with van der Waals surface area (Å²) in [7, 11) is 0. The second kappa shape index (κ2) is 6.53. The van der Waals surface area contributed by atoms with Gasteiger partial charge in [0.05, 0.1) is 6.42 Å². The molecule has 0 saturated heterocycles. The van der Waals surface area contributed by atoms with E-state index >= 15 is 0 Å². The molecule has 0 aliphatic heterocycles.